The zero-order valence-corrected chi connectivity index (χ0v) is 37.3. The zero-order valence-electron chi connectivity index (χ0n) is 37.3. The maximum atomic E-state index is 5.35. The summed E-state index contributed by atoms with van der Waals surface area (Å²) in [7, 11) is 0. The van der Waals surface area contributed by atoms with Crippen molar-refractivity contribution in [1.29, 1.82) is 0 Å². The Morgan fingerprint density at radius 1 is 0.290 bits per heavy atom. The molecule has 0 atom stereocenters. The molecule has 6 aromatic heterocycles. The minimum absolute atomic E-state index is 0.884. The second-order valence-corrected chi connectivity index (χ2v) is 17.7. The van der Waals surface area contributed by atoms with E-state index in [1.165, 1.54) is 21.5 Å². The van der Waals surface area contributed by atoms with Crippen LogP contribution in [0.5, 0.6) is 0 Å². The molecular weight excluding hydrogens is 841 g/mol. The first kappa shape index (κ1) is 38.8. The van der Waals surface area contributed by atoms with E-state index in [0.717, 1.165) is 106 Å². The van der Waals surface area contributed by atoms with E-state index in [9.17, 15) is 0 Å². The van der Waals surface area contributed by atoms with E-state index in [1.54, 1.807) is 0 Å². The van der Waals surface area contributed by atoms with Crippen molar-refractivity contribution >= 4 is 65.5 Å². The fourth-order valence-electron chi connectivity index (χ4n) is 10.6. The molecule has 0 amide bonds. The number of hydrogen-bond donors (Lipinski definition) is 0. The van der Waals surface area contributed by atoms with Gasteiger partial charge >= 0.3 is 0 Å². The predicted molar refractivity (Wildman–Crippen MR) is 285 cm³/mol. The van der Waals surface area contributed by atoms with Gasteiger partial charge in [0.05, 0.1) is 56.2 Å². The number of benzene rings is 8. The Kier molecular flexibility index (Phi) is 8.79. The lowest BCUT2D eigenvalue weighted by molar-refractivity contribution is 1.08. The lowest BCUT2D eigenvalue weighted by atomic mass is 10.0. The Labute approximate surface area is 397 Å². The van der Waals surface area contributed by atoms with Crippen LogP contribution in [0.1, 0.15) is 0 Å². The molecule has 14 aromatic rings. The highest BCUT2D eigenvalue weighted by molar-refractivity contribution is 6.13. The number of aromatic nitrogens is 6. The van der Waals surface area contributed by atoms with Gasteiger partial charge in [0.25, 0.3) is 0 Å². The molecule has 0 fully saturated rings. The van der Waals surface area contributed by atoms with Crippen molar-refractivity contribution in [1.82, 2.24) is 28.7 Å². The van der Waals surface area contributed by atoms with Crippen LogP contribution < -0.4 is 0 Å². The van der Waals surface area contributed by atoms with Gasteiger partial charge in [0.1, 0.15) is 5.82 Å². The molecule has 6 nitrogen and oxygen atoms in total. The molecule has 6 heteroatoms. The Morgan fingerprint density at radius 3 is 1.51 bits per heavy atom. The van der Waals surface area contributed by atoms with E-state index in [4.69, 9.17) is 15.0 Å². The monoisotopic (exact) mass is 880 g/mol. The van der Waals surface area contributed by atoms with Gasteiger partial charge in [-0.05, 0) is 119 Å². The second-order valence-electron chi connectivity index (χ2n) is 17.7. The van der Waals surface area contributed by atoms with Gasteiger partial charge in [0.2, 0.25) is 0 Å². The molecule has 0 aliphatic rings. The number of para-hydroxylation sites is 3. The highest BCUT2D eigenvalue weighted by atomic mass is 15.1. The summed E-state index contributed by atoms with van der Waals surface area (Å²) in [6.45, 7) is 0. The summed E-state index contributed by atoms with van der Waals surface area (Å²) in [6, 6.07) is 80.2. The van der Waals surface area contributed by atoms with Crippen molar-refractivity contribution < 1.29 is 0 Å². The smallest absolute Gasteiger partial charge is 0.138 e. The van der Waals surface area contributed by atoms with Gasteiger partial charge in [-0.1, -0.05) is 133 Å². The molecule has 6 heterocycles. The topological polar surface area (TPSA) is 53.5 Å². The molecule has 0 N–H and O–H groups in total. The van der Waals surface area contributed by atoms with Crippen LogP contribution in [0.4, 0.5) is 0 Å². The van der Waals surface area contributed by atoms with Crippen LogP contribution in [0.3, 0.4) is 0 Å². The molecule has 0 spiro atoms. The number of nitrogens with zero attached hydrogens (tertiary/aromatic N) is 6. The molecule has 0 unspecified atom stereocenters. The molecule has 69 heavy (non-hydrogen) atoms. The van der Waals surface area contributed by atoms with Crippen LogP contribution in [-0.2, 0) is 0 Å². The van der Waals surface area contributed by atoms with E-state index in [0.29, 0.717) is 0 Å². The van der Waals surface area contributed by atoms with Crippen molar-refractivity contribution in [2.45, 2.75) is 0 Å². The Hall–Kier alpha value is -9.39. The first-order valence-corrected chi connectivity index (χ1v) is 23.3. The average Bonchev–Trinajstić information content (AvgIpc) is 4.06. The third-order valence-electron chi connectivity index (χ3n) is 13.7. The normalized spacial score (nSPS) is 11.8. The van der Waals surface area contributed by atoms with E-state index >= 15 is 0 Å². The van der Waals surface area contributed by atoms with Gasteiger partial charge in [-0.3, -0.25) is 14.5 Å². The average molecular weight is 881 g/mol. The zero-order chi connectivity index (χ0) is 45.4. The predicted octanol–water partition coefficient (Wildman–Crippen LogP) is 15.8. The second kappa shape index (κ2) is 15.6. The highest BCUT2D eigenvalue weighted by Crippen LogP contribution is 2.40. The number of hydrogen-bond acceptors (Lipinski definition) is 3. The maximum Gasteiger partial charge on any atom is 0.138 e. The summed E-state index contributed by atoms with van der Waals surface area (Å²) in [6.07, 6.45) is 5.82. The largest absolute Gasteiger partial charge is 0.308 e. The molecule has 0 saturated heterocycles. The van der Waals surface area contributed by atoms with Gasteiger partial charge in [0.15, 0.2) is 0 Å². The van der Waals surface area contributed by atoms with Crippen LogP contribution in [0.2, 0.25) is 0 Å². The summed E-state index contributed by atoms with van der Waals surface area (Å²) in [5.74, 6) is 0.884. The van der Waals surface area contributed by atoms with Crippen molar-refractivity contribution in [3.8, 4) is 61.8 Å². The summed E-state index contributed by atoms with van der Waals surface area (Å²) in [4.78, 5) is 15.1. The fourth-order valence-corrected chi connectivity index (χ4v) is 10.6. The van der Waals surface area contributed by atoms with Crippen molar-refractivity contribution in [3.63, 3.8) is 0 Å². The summed E-state index contributed by atoms with van der Waals surface area (Å²) < 4.78 is 6.97. The first-order chi connectivity index (χ1) is 34.2. The Balaban J connectivity index is 0.881. The van der Waals surface area contributed by atoms with Crippen molar-refractivity contribution in [3.05, 3.63) is 243 Å². The summed E-state index contributed by atoms with van der Waals surface area (Å²) in [5.41, 5.74) is 18.5. The lowest BCUT2D eigenvalue weighted by Gasteiger charge is -2.13. The minimum atomic E-state index is 0.884. The van der Waals surface area contributed by atoms with E-state index < -0.39 is 0 Å². The summed E-state index contributed by atoms with van der Waals surface area (Å²) >= 11 is 0. The van der Waals surface area contributed by atoms with Gasteiger partial charge in [-0.15, -0.1) is 0 Å². The fraction of sp³-hybridized carbons (Fsp3) is 0. The molecule has 14 rings (SSSR count). The molecule has 0 radical (unpaired) electrons. The quantitative estimate of drug-likeness (QED) is 0.160. The molecule has 8 aromatic carbocycles. The first-order valence-electron chi connectivity index (χ1n) is 23.3. The molecule has 322 valence electrons. The Bertz CT molecular complexity index is 4240. The van der Waals surface area contributed by atoms with Crippen LogP contribution in [0, 0.1) is 0 Å². The van der Waals surface area contributed by atoms with Gasteiger partial charge < -0.3 is 9.13 Å². The van der Waals surface area contributed by atoms with Gasteiger partial charge in [-0.2, -0.15) is 0 Å². The lowest BCUT2D eigenvalue weighted by Crippen LogP contribution is -2.00. The molecule has 0 aliphatic heterocycles. The minimum Gasteiger partial charge on any atom is -0.308 e. The highest BCUT2D eigenvalue weighted by Gasteiger charge is 2.20. The van der Waals surface area contributed by atoms with E-state index in [-0.39, 0.29) is 0 Å². The van der Waals surface area contributed by atoms with E-state index in [1.807, 2.05) is 24.7 Å². The number of rotatable bonds is 7. The molecular formula is C63H40N6. The van der Waals surface area contributed by atoms with E-state index in [2.05, 4.69) is 232 Å². The molecule has 0 aliphatic carbocycles. The van der Waals surface area contributed by atoms with Gasteiger partial charge in [-0.25, -0.2) is 4.98 Å². The Morgan fingerprint density at radius 2 is 0.812 bits per heavy atom. The van der Waals surface area contributed by atoms with Gasteiger partial charge in [0, 0.05) is 56.1 Å². The van der Waals surface area contributed by atoms with Crippen molar-refractivity contribution in [2.24, 2.45) is 0 Å². The molecule has 0 bridgehead atoms. The van der Waals surface area contributed by atoms with Crippen LogP contribution in [0.25, 0.3) is 127 Å². The number of pyridine rings is 3. The van der Waals surface area contributed by atoms with Crippen LogP contribution in [-0.4, -0.2) is 28.7 Å². The van der Waals surface area contributed by atoms with Crippen LogP contribution in [0.15, 0.2) is 243 Å². The van der Waals surface area contributed by atoms with Crippen LogP contribution >= 0.6 is 0 Å². The standard InChI is InChI=1S/C63H40N6/c1-4-15-41(16-5-1)46-37-55(42-17-6-2-7-18-42)66-62(38-46)69-57-24-13-11-22-51(57)53-35-44(27-30-59(53)69)43-26-29-58-52(34-43)50-21-10-12-23-56(50)68(58)49-33-47(39-64-40-49)45-28-31-60-54(36-45)63-61(25-14-32-65-63)67(60)48-19-8-3-9-20-48/h1-40H. The third-order valence-corrected chi connectivity index (χ3v) is 13.7. The SMILES string of the molecule is c1ccc(-c2cc(-c3ccccc3)nc(-n3c4ccccc4c4cc(-c5ccc6c(c5)c5ccccc5n6-c5cncc(-c6ccc7c(c6)c6ncccc6n7-c6ccccc6)c5)ccc43)c2)cc1. The molecule has 0 saturated carbocycles. The number of fused-ring (bicyclic) bond motifs is 9. The summed E-state index contributed by atoms with van der Waals surface area (Å²) in [5, 5.41) is 5.85. The van der Waals surface area contributed by atoms with Crippen molar-refractivity contribution in [2.75, 3.05) is 0 Å². The maximum absolute atomic E-state index is 5.35. The third kappa shape index (κ3) is 6.30.